The fourth-order valence-electron chi connectivity index (χ4n) is 6.75. The van der Waals surface area contributed by atoms with Crippen LogP contribution in [-0.4, -0.2) is 5.43 Å². The standard InChI is InChI=1S/2C16H15.C2H6Si.2ClH.Zr/c2*1-11(2)14-9-13-8-7-12-5-3-4-6-15(12)16(13)10-14;1-3-2;;;/h2*3-11H,1-2H3;1-2H3;2*1H;/q;;;;;+2/p-2. The van der Waals surface area contributed by atoms with Crippen LogP contribution in [0.4, 0.5) is 0 Å². The van der Waals surface area contributed by atoms with Crippen molar-refractivity contribution >= 4 is 39.1 Å². The molecule has 2 aliphatic carbocycles. The first-order chi connectivity index (χ1) is 17.4. The molecule has 0 fully saturated rings. The predicted molar refractivity (Wildman–Crippen MR) is 156 cm³/mol. The first-order valence-corrected chi connectivity index (χ1v) is 22.5. The van der Waals surface area contributed by atoms with Crippen molar-refractivity contribution in [3.05, 3.63) is 106 Å². The average Bonchev–Trinajstić information content (AvgIpc) is 3.44. The number of allylic oxidation sites excluding steroid dienone is 2. The second-order valence-electron chi connectivity index (χ2n) is 11.5. The number of hydrogen-bond acceptors (Lipinski definition) is 0. The summed E-state index contributed by atoms with van der Waals surface area (Å²) in [7, 11) is 0. The van der Waals surface area contributed by atoms with E-state index >= 15 is 0 Å². The van der Waals surface area contributed by atoms with Gasteiger partial charge in [-0.25, -0.2) is 0 Å². The second-order valence-corrected chi connectivity index (χ2v) is 29.4. The van der Waals surface area contributed by atoms with Crippen molar-refractivity contribution in [1.29, 1.82) is 0 Å². The van der Waals surface area contributed by atoms with E-state index in [9.17, 15) is 0 Å². The van der Waals surface area contributed by atoms with Gasteiger partial charge in [0.2, 0.25) is 0 Å². The van der Waals surface area contributed by atoms with Gasteiger partial charge in [0, 0.05) is 0 Å². The van der Waals surface area contributed by atoms with Crippen molar-refractivity contribution in [2.24, 2.45) is 11.8 Å². The average molecular weight is 635 g/mol. The summed E-state index contributed by atoms with van der Waals surface area (Å²) in [6.45, 7) is 15.0. The van der Waals surface area contributed by atoms with E-state index in [4.69, 9.17) is 0 Å². The number of rotatable bonds is 4. The van der Waals surface area contributed by atoms with Crippen LogP contribution >= 0.6 is 0 Å². The molecule has 0 saturated heterocycles. The van der Waals surface area contributed by atoms with Crippen LogP contribution in [0.2, 0.25) is 13.1 Å². The summed E-state index contributed by atoms with van der Waals surface area (Å²) >= 11 is -2.11. The molecule has 2 unspecified atom stereocenters. The van der Waals surface area contributed by atoms with Gasteiger partial charge in [-0.1, -0.05) is 0 Å². The molecule has 0 heterocycles. The van der Waals surface area contributed by atoms with Crippen LogP contribution in [0.3, 0.4) is 0 Å². The minimum Gasteiger partial charge on any atom is -1.00 e. The largest absolute Gasteiger partial charge is 1.00 e. The molecule has 194 valence electrons. The van der Waals surface area contributed by atoms with Crippen LogP contribution in [0.25, 0.3) is 33.7 Å². The normalized spacial score (nSPS) is 17.3. The molecule has 0 spiro atoms. The molecule has 4 heteroatoms. The molecule has 0 nitrogen and oxygen atoms in total. The van der Waals surface area contributed by atoms with Crippen LogP contribution in [0, 0.1) is 11.8 Å². The molecule has 0 saturated carbocycles. The predicted octanol–water partition coefficient (Wildman–Crippen LogP) is 3.76. The Morgan fingerprint density at radius 3 is 1.34 bits per heavy atom. The Labute approximate surface area is 248 Å². The molecule has 0 bridgehead atoms. The van der Waals surface area contributed by atoms with Crippen molar-refractivity contribution in [2.45, 2.75) is 48.0 Å². The van der Waals surface area contributed by atoms with Gasteiger partial charge in [0.25, 0.3) is 0 Å². The Balaban J connectivity index is 0.00000168. The molecule has 0 N–H and O–H groups in total. The molecule has 38 heavy (non-hydrogen) atoms. The monoisotopic (exact) mass is 632 g/mol. The van der Waals surface area contributed by atoms with Gasteiger partial charge in [-0.05, 0) is 0 Å². The molecule has 0 amide bonds. The van der Waals surface area contributed by atoms with Crippen LogP contribution in [0.15, 0.2) is 83.9 Å². The van der Waals surface area contributed by atoms with Gasteiger partial charge < -0.3 is 24.8 Å². The maximum Gasteiger partial charge on any atom is -1.00 e. The van der Waals surface area contributed by atoms with Crippen molar-refractivity contribution < 1.29 is 45.2 Å². The SMILES string of the molecule is CC(C)C1=Cc2c(ccc3ccccc23)[CH]1[Zr+2]([CH]1C(C(C)C)=Cc2c1ccc1ccccc21)=[Si](C)C.[Cl-].[Cl-]. The Morgan fingerprint density at radius 2 is 0.974 bits per heavy atom. The third-order valence-corrected chi connectivity index (χ3v) is 27.8. The first kappa shape index (κ1) is 29.5. The molecule has 2 aliphatic rings. The quantitative estimate of drug-likeness (QED) is 0.300. The molecule has 0 radical (unpaired) electrons. The van der Waals surface area contributed by atoms with Gasteiger partial charge in [0.1, 0.15) is 0 Å². The van der Waals surface area contributed by atoms with Crippen molar-refractivity contribution in [3.8, 4) is 0 Å². The zero-order valence-corrected chi connectivity index (χ0v) is 28.1. The molecular weight excluding hydrogens is 599 g/mol. The van der Waals surface area contributed by atoms with E-state index in [0.29, 0.717) is 19.1 Å². The number of benzene rings is 4. The number of hydrogen-bond donors (Lipinski definition) is 0. The Morgan fingerprint density at radius 1 is 0.579 bits per heavy atom. The van der Waals surface area contributed by atoms with Gasteiger partial charge in [-0.15, -0.1) is 0 Å². The number of fused-ring (bicyclic) bond motifs is 6. The van der Waals surface area contributed by atoms with Crippen molar-refractivity contribution in [1.82, 2.24) is 0 Å². The van der Waals surface area contributed by atoms with Gasteiger partial charge in [-0.3, -0.25) is 0 Å². The van der Waals surface area contributed by atoms with Gasteiger partial charge in [0.15, 0.2) is 0 Å². The van der Waals surface area contributed by atoms with Gasteiger partial charge in [0.05, 0.1) is 0 Å². The molecule has 0 aliphatic heterocycles. The Kier molecular flexibility index (Phi) is 9.00. The summed E-state index contributed by atoms with van der Waals surface area (Å²) in [5.41, 5.74) is 9.34. The van der Waals surface area contributed by atoms with E-state index in [-0.39, 0.29) is 24.8 Å². The molecule has 2 atom stereocenters. The molecule has 4 aromatic rings. The summed E-state index contributed by atoms with van der Waals surface area (Å²) in [4.78, 5) is 0. The number of halogens is 2. The van der Waals surface area contributed by atoms with E-state index in [1.54, 1.807) is 22.3 Å². The van der Waals surface area contributed by atoms with E-state index in [0.717, 1.165) is 0 Å². The second kappa shape index (κ2) is 11.6. The summed E-state index contributed by atoms with van der Waals surface area (Å²) in [6.07, 6.45) is 5.24. The first-order valence-electron chi connectivity index (χ1n) is 13.5. The molecule has 0 aromatic heterocycles. The third-order valence-electron chi connectivity index (χ3n) is 8.45. The zero-order chi connectivity index (χ0) is 25.1. The zero-order valence-electron chi connectivity index (χ0n) is 23.1. The van der Waals surface area contributed by atoms with Crippen molar-refractivity contribution in [3.63, 3.8) is 0 Å². The van der Waals surface area contributed by atoms with Crippen LogP contribution < -0.4 is 24.8 Å². The summed E-state index contributed by atoms with van der Waals surface area (Å²) in [5.74, 6) is 1.17. The maximum absolute atomic E-state index is 2.65. The molecule has 4 aromatic carbocycles. The smallest absolute Gasteiger partial charge is 1.00 e. The van der Waals surface area contributed by atoms with E-state index < -0.39 is 25.8 Å². The van der Waals surface area contributed by atoms with Crippen LogP contribution in [0.5, 0.6) is 0 Å². The summed E-state index contributed by atoms with van der Waals surface area (Å²) in [5, 5.41) is 5.63. The maximum atomic E-state index is 2.65. The summed E-state index contributed by atoms with van der Waals surface area (Å²) in [6, 6.07) is 27.8. The van der Waals surface area contributed by atoms with E-state index in [1.165, 1.54) is 32.7 Å². The fraction of sp³-hybridized carbons (Fsp3) is 0.294. The molecular formula is C34H36Cl2SiZr. The van der Waals surface area contributed by atoms with E-state index in [1.807, 2.05) is 0 Å². The Bertz CT molecular complexity index is 1510. The fourth-order valence-corrected chi connectivity index (χ4v) is 27.7. The minimum atomic E-state index is -2.11. The summed E-state index contributed by atoms with van der Waals surface area (Å²) < 4.78 is 1.36. The topological polar surface area (TPSA) is 0 Å². The van der Waals surface area contributed by atoms with Gasteiger partial charge >= 0.3 is 226 Å². The van der Waals surface area contributed by atoms with Crippen molar-refractivity contribution in [2.75, 3.05) is 0 Å². The third kappa shape index (κ3) is 4.75. The van der Waals surface area contributed by atoms with Gasteiger partial charge in [-0.2, -0.15) is 0 Å². The minimum absolute atomic E-state index is 0. The van der Waals surface area contributed by atoms with Crippen LogP contribution in [-0.2, 0) is 20.4 Å². The Hall–Kier alpha value is -1.44. The molecule has 6 rings (SSSR count). The van der Waals surface area contributed by atoms with Crippen LogP contribution in [0.1, 0.15) is 57.2 Å². The van der Waals surface area contributed by atoms with E-state index in [2.05, 4.69) is 126 Å².